The molecule has 30 heavy (non-hydrogen) atoms. The summed E-state index contributed by atoms with van der Waals surface area (Å²) < 4.78 is 0. The number of amides is 2. The van der Waals surface area contributed by atoms with Crippen LogP contribution in [-0.2, 0) is 14.4 Å². The molecule has 0 aromatic heterocycles. The Kier molecular flexibility index (Phi) is 17.2. The summed E-state index contributed by atoms with van der Waals surface area (Å²) in [4.78, 5) is 35.3. The molecule has 176 valence electrons. The fourth-order valence-electron chi connectivity index (χ4n) is 3.45. The summed E-state index contributed by atoms with van der Waals surface area (Å²) in [5, 5.41) is 14.1. The van der Waals surface area contributed by atoms with Gasteiger partial charge in [0.2, 0.25) is 11.8 Å². The Bertz CT molecular complexity index is 480. The molecule has 6 nitrogen and oxygen atoms in total. The number of unbranched alkanes of at least 4 members (excludes halogenated alkanes) is 12. The van der Waals surface area contributed by atoms with Crippen LogP contribution >= 0.6 is 0 Å². The van der Waals surface area contributed by atoms with Gasteiger partial charge < -0.3 is 15.7 Å². The Balaban J connectivity index is 3.79. The Labute approximate surface area is 184 Å². The predicted octanol–water partition coefficient (Wildman–Crippen LogP) is 5.20. The van der Waals surface area contributed by atoms with Crippen molar-refractivity contribution in [2.45, 2.75) is 130 Å². The van der Waals surface area contributed by atoms with E-state index in [1.165, 1.54) is 71.1 Å². The molecule has 0 aliphatic rings. The Morgan fingerprint density at radius 1 is 0.700 bits per heavy atom. The molecule has 0 aliphatic heterocycles. The second kappa shape index (κ2) is 18.2. The Hall–Kier alpha value is -1.59. The second-order valence-corrected chi connectivity index (χ2v) is 8.85. The molecule has 0 aliphatic carbocycles. The van der Waals surface area contributed by atoms with E-state index in [4.69, 9.17) is 5.11 Å². The van der Waals surface area contributed by atoms with Crippen LogP contribution in [0.5, 0.6) is 0 Å². The van der Waals surface area contributed by atoms with Crippen LogP contribution in [-0.4, -0.2) is 35.0 Å². The van der Waals surface area contributed by atoms with Gasteiger partial charge in [0.1, 0.15) is 12.1 Å². The Morgan fingerprint density at radius 2 is 1.13 bits per heavy atom. The SMILES string of the molecule is CCCCCCCCCCCCCCCC(=O)N[C@H](C(=O)N[C@@H](C)C(=O)O)C(C)C. The predicted molar refractivity (Wildman–Crippen MR) is 122 cm³/mol. The van der Waals surface area contributed by atoms with Crippen LogP contribution in [0.25, 0.3) is 0 Å². The maximum atomic E-state index is 12.2. The molecule has 0 aromatic carbocycles. The zero-order valence-corrected chi connectivity index (χ0v) is 19.8. The Morgan fingerprint density at radius 3 is 1.53 bits per heavy atom. The van der Waals surface area contributed by atoms with Gasteiger partial charge in [0, 0.05) is 6.42 Å². The van der Waals surface area contributed by atoms with Gasteiger partial charge in [-0.05, 0) is 19.3 Å². The lowest BCUT2D eigenvalue weighted by Gasteiger charge is -2.23. The lowest BCUT2D eigenvalue weighted by Crippen LogP contribution is -2.53. The van der Waals surface area contributed by atoms with Crippen molar-refractivity contribution in [3.63, 3.8) is 0 Å². The number of aliphatic carboxylic acids is 1. The molecule has 0 saturated carbocycles. The highest BCUT2D eigenvalue weighted by atomic mass is 16.4. The third kappa shape index (κ3) is 15.3. The maximum Gasteiger partial charge on any atom is 0.325 e. The molecule has 0 bridgehead atoms. The molecule has 0 rings (SSSR count). The normalized spacial score (nSPS) is 13.1. The smallest absolute Gasteiger partial charge is 0.325 e. The molecule has 0 fully saturated rings. The van der Waals surface area contributed by atoms with E-state index in [9.17, 15) is 14.4 Å². The molecule has 6 heteroatoms. The van der Waals surface area contributed by atoms with Crippen LogP contribution in [0.1, 0.15) is 118 Å². The summed E-state index contributed by atoms with van der Waals surface area (Å²) in [6, 6.07) is -1.68. The number of carbonyl (C=O) groups excluding carboxylic acids is 2. The molecule has 0 heterocycles. The van der Waals surface area contributed by atoms with Crippen LogP contribution in [0.4, 0.5) is 0 Å². The van der Waals surface area contributed by atoms with Crippen LogP contribution in [0.2, 0.25) is 0 Å². The topological polar surface area (TPSA) is 95.5 Å². The van der Waals surface area contributed by atoms with Gasteiger partial charge in [0.05, 0.1) is 0 Å². The quantitative estimate of drug-likeness (QED) is 0.247. The summed E-state index contributed by atoms with van der Waals surface area (Å²) >= 11 is 0. The lowest BCUT2D eigenvalue weighted by molar-refractivity contribution is -0.142. The summed E-state index contributed by atoms with van der Waals surface area (Å²) in [5.74, 6) is -1.79. The average molecular weight is 427 g/mol. The van der Waals surface area contributed by atoms with E-state index in [1.807, 2.05) is 13.8 Å². The van der Waals surface area contributed by atoms with Crippen molar-refractivity contribution < 1.29 is 19.5 Å². The van der Waals surface area contributed by atoms with E-state index in [2.05, 4.69) is 17.6 Å². The first-order chi connectivity index (χ1) is 14.3. The lowest BCUT2D eigenvalue weighted by atomic mass is 10.0. The van der Waals surface area contributed by atoms with Gasteiger partial charge in [-0.25, -0.2) is 0 Å². The highest BCUT2D eigenvalue weighted by molar-refractivity contribution is 5.90. The van der Waals surface area contributed by atoms with Crippen LogP contribution in [0.15, 0.2) is 0 Å². The van der Waals surface area contributed by atoms with Crippen molar-refractivity contribution in [3.8, 4) is 0 Å². The van der Waals surface area contributed by atoms with Crippen molar-refractivity contribution in [2.75, 3.05) is 0 Å². The minimum absolute atomic E-state index is 0.110. The van der Waals surface area contributed by atoms with E-state index in [1.54, 1.807) is 0 Å². The van der Waals surface area contributed by atoms with Crippen molar-refractivity contribution >= 4 is 17.8 Å². The highest BCUT2D eigenvalue weighted by Gasteiger charge is 2.26. The molecule has 2 atom stereocenters. The fourth-order valence-corrected chi connectivity index (χ4v) is 3.45. The standard InChI is InChI=1S/C24H46N2O4/c1-5-6-7-8-9-10-11-12-13-14-15-16-17-18-21(27)26-22(19(2)3)23(28)25-20(4)24(29)30/h19-20,22H,5-18H2,1-4H3,(H,25,28)(H,26,27)(H,29,30)/t20-,22-/m0/s1. The minimum Gasteiger partial charge on any atom is -0.480 e. The number of carboxylic acid groups (broad SMARTS) is 1. The zero-order chi connectivity index (χ0) is 22.8. The first-order valence-electron chi connectivity index (χ1n) is 12.1. The third-order valence-corrected chi connectivity index (χ3v) is 5.50. The third-order valence-electron chi connectivity index (χ3n) is 5.50. The van der Waals surface area contributed by atoms with Gasteiger partial charge >= 0.3 is 5.97 Å². The van der Waals surface area contributed by atoms with E-state index < -0.39 is 24.0 Å². The molecule has 0 radical (unpaired) electrons. The molecule has 0 saturated heterocycles. The number of hydrogen-bond acceptors (Lipinski definition) is 3. The molecule has 0 unspecified atom stereocenters. The number of carboxylic acids is 1. The summed E-state index contributed by atoms with van der Waals surface area (Å²) in [6.07, 6.45) is 16.7. The number of hydrogen-bond donors (Lipinski definition) is 3. The van der Waals surface area contributed by atoms with Crippen LogP contribution in [0.3, 0.4) is 0 Å². The van der Waals surface area contributed by atoms with Crippen molar-refractivity contribution in [2.24, 2.45) is 5.92 Å². The van der Waals surface area contributed by atoms with Gasteiger partial charge in [-0.1, -0.05) is 97.8 Å². The van der Waals surface area contributed by atoms with E-state index >= 15 is 0 Å². The van der Waals surface area contributed by atoms with Gasteiger partial charge in [-0.15, -0.1) is 0 Å². The summed E-state index contributed by atoms with van der Waals surface area (Å²) in [7, 11) is 0. The fraction of sp³-hybridized carbons (Fsp3) is 0.875. The van der Waals surface area contributed by atoms with Crippen LogP contribution in [0, 0.1) is 5.92 Å². The van der Waals surface area contributed by atoms with Gasteiger partial charge in [-0.2, -0.15) is 0 Å². The zero-order valence-electron chi connectivity index (χ0n) is 19.8. The van der Waals surface area contributed by atoms with E-state index in [0.717, 1.165) is 19.3 Å². The van der Waals surface area contributed by atoms with Gasteiger partial charge in [0.25, 0.3) is 0 Å². The van der Waals surface area contributed by atoms with Crippen molar-refractivity contribution in [1.82, 2.24) is 10.6 Å². The second-order valence-electron chi connectivity index (χ2n) is 8.85. The van der Waals surface area contributed by atoms with Crippen molar-refractivity contribution in [3.05, 3.63) is 0 Å². The van der Waals surface area contributed by atoms with E-state index in [-0.39, 0.29) is 11.8 Å². The first-order valence-corrected chi connectivity index (χ1v) is 12.1. The van der Waals surface area contributed by atoms with Gasteiger partial charge in [0.15, 0.2) is 0 Å². The monoisotopic (exact) mass is 426 g/mol. The molecule has 0 spiro atoms. The first kappa shape index (κ1) is 28.4. The summed E-state index contributed by atoms with van der Waals surface area (Å²) in [5.41, 5.74) is 0. The molecule has 0 aromatic rings. The average Bonchev–Trinajstić information content (AvgIpc) is 2.69. The van der Waals surface area contributed by atoms with E-state index in [0.29, 0.717) is 6.42 Å². The molecule has 3 N–H and O–H groups in total. The summed E-state index contributed by atoms with van der Waals surface area (Å²) in [6.45, 7) is 7.33. The number of rotatable bonds is 19. The largest absolute Gasteiger partial charge is 0.480 e. The van der Waals surface area contributed by atoms with Crippen LogP contribution < -0.4 is 10.6 Å². The van der Waals surface area contributed by atoms with Gasteiger partial charge in [-0.3, -0.25) is 14.4 Å². The molecular weight excluding hydrogens is 380 g/mol. The molecular formula is C24H46N2O4. The molecule has 2 amide bonds. The van der Waals surface area contributed by atoms with Crippen molar-refractivity contribution in [1.29, 1.82) is 0 Å². The highest BCUT2D eigenvalue weighted by Crippen LogP contribution is 2.13. The minimum atomic E-state index is -1.09. The number of nitrogens with one attached hydrogen (secondary N) is 2. The maximum absolute atomic E-state index is 12.2. The number of carbonyl (C=O) groups is 3.